The van der Waals surface area contributed by atoms with E-state index in [1.54, 1.807) is 12.0 Å². The average Bonchev–Trinajstić information content (AvgIpc) is 3.24. The highest BCUT2D eigenvalue weighted by Gasteiger charge is 2.49. The Labute approximate surface area is 118 Å². The third kappa shape index (κ3) is 3.57. The Bertz CT molecular complexity index is 474. The van der Waals surface area contributed by atoms with E-state index in [0.29, 0.717) is 26.1 Å². The molecule has 1 aliphatic carbocycles. The van der Waals surface area contributed by atoms with Crippen LogP contribution in [0.15, 0.2) is 30.3 Å². The summed E-state index contributed by atoms with van der Waals surface area (Å²) in [7, 11) is 1.59. The molecule has 5 heteroatoms. The number of ether oxygens (including phenoxy) is 1. The summed E-state index contributed by atoms with van der Waals surface area (Å²) in [6.07, 6.45) is 0.451. The number of carbonyl (C=O) groups is 2. The van der Waals surface area contributed by atoms with E-state index < -0.39 is 11.9 Å². The number of aliphatic carboxylic acids is 1. The summed E-state index contributed by atoms with van der Waals surface area (Å²) >= 11 is 0. The summed E-state index contributed by atoms with van der Waals surface area (Å²) in [5, 5.41) is 8.92. The molecule has 0 aliphatic heterocycles. The zero-order valence-electron chi connectivity index (χ0n) is 11.5. The fraction of sp³-hybridized carbons (Fsp3) is 0.467. The van der Waals surface area contributed by atoms with Gasteiger partial charge in [-0.25, -0.2) is 0 Å². The van der Waals surface area contributed by atoms with Gasteiger partial charge in [0.05, 0.1) is 18.4 Å². The van der Waals surface area contributed by atoms with E-state index in [1.807, 2.05) is 30.3 Å². The summed E-state index contributed by atoms with van der Waals surface area (Å²) in [4.78, 5) is 24.9. The van der Waals surface area contributed by atoms with Crippen LogP contribution in [0.4, 0.5) is 0 Å². The van der Waals surface area contributed by atoms with E-state index in [1.165, 1.54) is 0 Å². The molecule has 2 unspecified atom stereocenters. The summed E-state index contributed by atoms with van der Waals surface area (Å²) < 4.78 is 5.02. The number of carbonyl (C=O) groups excluding carboxylic acids is 1. The van der Waals surface area contributed by atoms with Gasteiger partial charge in [-0.1, -0.05) is 30.3 Å². The van der Waals surface area contributed by atoms with Crippen LogP contribution in [0.5, 0.6) is 0 Å². The molecule has 0 spiro atoms. The molecule has 1 amide bonds. The van der Waals surface area contributed by atoms with Crippen LogP contribution in [-0.4, -0.2) is 42.1 Å². The van der Waals surface area contributed by atoms with Crippen molar-refractivity contribution >= 4 is 11.9 Å². The number of hydrogen-bond acceptors (Lipinski definition) is 3. The Morgan fingerprint density at radius 3 is 2.55 bits per heavy atom. The Morgan fingerprint density at radius 2 is 2.00 bits per heavy atom. The van der Waals surface area contributed by atoms with Gasteiger partial charge in [-0.05, 0) is 12.0 Å². The smallest absolute Gasteiger partial charge is 0.307 e. The van der Waals surface area contributed by atoms with Gasteiger partial charge in [0.2, 0.25) is 5.91 Å². The molecule has 1 saturated carbocycles. The minimum Gasteiger partial charge on any atom is -0.481 e. The van der Waals surface area contributed by atoms with Gasteiger partial charge in [-0.15, -0.1) is 0 Å². The van der Waals surface area contributed by atoms with Crippen LogP contribution in [-0.2, 0) is 20.9 Å². The van der Waals surface area contributed by atoms with Crippen molar-refractivity contribution in [3.63, 3.8) is 0 Å². The van der Waals surface area contributed by atoms with Gasteiger partial charge in [0.25, 0.3) is 0 Å². The van der Waals surface area contributed by atoms with Crippen LogP contribution in [0, 0.1) is 11.8 Å². The highest BCUT2D eigenvalue weighted by molar-refractivity contribution is 5.89. The second kappa shape index (κ2) is 6.52. The third-order valence-electron chi connectivity index (χ3n) is 3.52. The fourth-order valence-corrected chi connectivity index (χ4v) is 2.25. The molecule has 20 heavy (non-hydrogen) atoms. The van der Waals surface area contributed by atoms with E-state index in [0.717, 1.165) is 5.56 Å². The Balaban J connectivity index is 2.00. The van der Waals surface area contributed by atoms with Crippen molar-refractivity contribution < 1.29 is 19.4 Å². The van der Waals surface area contributed by atoms with Crippen LogP contribution in [0.25, 0.3) is 0 Å². The molecule has 5 nitrogen and oxygen atoms in total. The van der Waals surface area contributed by atoms with Crippen molar-refractivity contribution in [2.24, 2.45) is 11.8 Å². The van der Waals surface area contributed by atoms with Gasteiger partial charge in [-0.3, -0.25) is 9.59 Å². The van der Waals surface area contributed by atoms with E-state index in [9.17, 15) is 9.59 Å². The lowest BCUT2D eigenvalue weighted by atomic mass is 10.2. The standard InChI is InChI=1S/C15H19NO4/c1-20-8-7-16(10-11-5-3-2-4-6-11)14(17)12-9-13(12)15(18)19/h2-6,12-13H,7-10H2,1H3,(H,18,19). The van der Waals surface area contributed by atoms with Gasteiger partial charge in [-0.2, -0.15) is 0 Å². The Hall–Kier alpha value is -1.88. The lowest BCUT2D eigenvalue weighted by Crippen LogP contribution is -2.35. The summed E-state index contributed by atoms with van der Waals surface area (Å²) in [6, 6.07) is 9.67. The molecule has 1 N–H and O–H groups in total. The quantitative estimate of drug-likeness (QED) is 0.817. The molecule has 0 saturated heterocycles. The maximum atomic E-state index is 12.3. The summed E-state index contributed by atoms with van der Waals surface area (Å²) in [6.45, 7) is 1.42. The number of hydrogen-bond donors (Lipinski definition) is 1. The highest BCUT2D eigenvalue weighted by atomic mass is 16.5. The van der Waals surface area contributed by atoms with Crippen LogP contribution in [0.2, 0.25) is 0 Å². The predicted octanol–water partition coefficient (Wildman–Crippen LogP) is 1.38. The molecule has 0 heterocycles. The largest absolute Gasteiger partial charge is 0.481 e. The van der Waals surface area contributed by atoms with Crippen LogP contribution in [0.1, 0.15) is 12.0 Å². The zero-order chi connectivity index (χ0) is 14.5. The average molecular weight is 277 g/mol. The Morgan fingerprint density at radius 1 is 1.30 bits per heavy atom. The maximum Gasteiger partial charge on any atom is 0.307 e. The topological polar surface area (TPSA) is 66.8 Å². The fourth-order valence-electron chi connectivity index (χ4n) is 2.25. The molecule has 0 radical (unpaired) electrons. The molecule has 1 fully saturated rings. The molecular weight excluding hydrogens is 258 g/mol. The lowest BCUT2D eigenvalue weighted by molar-refractivity contribution is -0.142. The first-order chi connectivity index (χ1) is 9.63. The predicted molar refractivity (Wildman–Crippen MR) is 73.0 cm³/mol. The van der Waals surface area contributed by atoms with Crippen molar-refractivity contribution in [1.29, 1.82) is 0 Å². The van der Waals surface area contributed by atoms with Gasteiger partial charge in [0.1, 0.15) is 0 Å². The third-order valence-corrected chi connectivity index (χ3v) is 3.52. The van der Waals surface area contributed by atoms with Crippen molar-refractivity contribution in [2.75, 3.05) is 20.3 Å². The number of rotatable bonds is 7. The summed E-state index contributed by atoms with van der Waals surface area (Å²) in [5.74, 6) is -1.84. The zero-order valence-corrected chi connectivity index (χ0v) is 11.5. The van der Waals surface area contributed by atoms with Gasteiger partial charge < -0.3 is 14.7 Å². The lowest BCUT2D eigenvalue weighted by Gasteiger charge is -2.22. The van der Waals surface area contributed by atoms with Crippen molar-refractivity contribution in [1.82, 2.24) is 4.90 Å². The minimum absolute atomic E-state index is 0.0849. The first-order valence-corrected chi connectivity index (χ1v) is 6.68. The first kappa shape index (κ1) is 14.5. The second-order valence-electron chi connectivity index (χ2n) is 5.03. The SMILES string of the molecule is COCCN(Cc1ccccc1)C(=O)C1CC1C(=O)O. The normalized spacial score (nSPS) is 20.4. The number of methoxy groups -OCH3 is 1. The summed E-state index contributed by atoms with van der Waals surface area (Å²) in [5.41, 5.74) is 1.03. The number of amides is 1. The van der Waals surface area contributed by atoms with Gasteiger partial charge in [0, 0.05) is 20.2 Å². The van der Waals surface area contributed by atoms with Crippen molar-refractivity contribution in [3.05, 3.63) is 35.9 Å². The van der Waals surface area contributed by atoms with Gasteiger partial charge in [0.15, 0.2) is 0 Å². The van der Waals surface area contributed by atoms with Gasteiger partial charge >= 0.3 is 5.97 Å². The van der Waals surface area contributed by atoms with E-state index >= 15 is 0 Å². The Kier molecular flexibility index (Phi) is 4.74. The van der Waals surface area contributed by atoms with Crippen LogP contribution >= 0.6 is 0 Å². The monoisotopic (exact) mass is 277 g/mol. The highest BCUT2D eigenvalue weighted by Crippen LogP contribution is 2.40. The first-order valence-electron chi connectivity index (χ1n) is 6.68. The minimum atomic E-state index is -0.880. The second-order valence-corrected chi connectivity index (χ2v) is 5.03. The molecule has 0 bridgehead atoms. The van der Waals surface area contributed by atoms with E-state index in [2.05, 4.69) is 0 Å². The number of carboxylic acids is 1. The molecule has 0 aromatic heterocycles. The van der Waals surface area contributed by atoms with E-state index in [-0.39, 0.29) is 11.8 Å². The maximum absolute atomic E-state index is 12.3. The van der Waals surface area contributed by atoms with Crippen molar-refractivity contribution in [2.45, 2.75) is 13.0 Å². The molecule has 1 aliphatic rings. The number of nitrogens with zero attached hydrogens (tertiary/aromatic N) is 1. The van der Waals surface area contributed by atoms with E-state index in [4.69, 9.17) is 9.84 Å². The molecular formula is C15H19NO4. The van der Waals surface area contributed by atoms with Crippen LogP contribution in [0.3, 0.4) is 0 Å². The van der Waals surface area contributed by atoms with Crippen molar-refractivity contribution in [3.8, 4) is 0 Å². The molecule has 1 aromatic rings. The van der Waals surface area contributed by atoms with Crippen LogP contribution < -0.4 is 0 Å². The molecule has 2 rings (SSSR count). The number of carboxylic acid groups (broad SMARTS) is 1. The molecule has 2 atom stereocenters. The molecule has 108 valence electrons. The number of benzene rings is 1. The molecule has 1 aromatic carbocycles.